The molecule has 0 aromatic heterocycles. The van der Waals surface area contributed by atoms with Gasteiger partial charge in [0.05, 0.1) is 21.3 Å². The topological polar surface area (TPSA) is 360 Å². The fourth-order valence-electron chi connectivity index (χ4n) is 13.6. The molecular weight excluding hydrogens is 1920 g/mol. The molecule has 0 heterocycles. The Hall–Kier alpha value is -17.6. The van der Waals surface area contributed by atoms with Crippen molar-refractivity contribution in [3.8, 4) is 17.2 Å². The smallest absolute Gasteiger partial charge is 0.333 e. The molecule has 0 unspecified atom stereocenters. The summed E-state index contributed by atoms with van der Waals surface area (Å²) in [5, 5.41) is 19.4. The minimum Gasteiger partial charge on any atom is -0.497 e. The first-order valence-electron chi connectivity index (χ1n) is 47.8. The number of halogens is 1. The predicted molar refractivity (Wildman–Crippen MR) is 592 cm³/mol. The van der Waals surface area contributed by atoms with Gasteiger partial charge in [-0.1, -0.05) is 220 Å². The molecular formula is C122H129ClN6O21. The Morgan fingerprint density at radius 3 is 0.860 bits per heavy atom. The Labute approximate surface area is 882 Å². The minimum atomic E-state index is -0.437. The number of carbonyl (C=O) groups is 12. The molecule has 12 rings (SSSR count). The molecule has 0 bridgehead atoms. The first-order chi connectivity index (χ1) is 71.7. The number of carbonyl (C=O) groups excluding carboxylic acids is 12. The fraction of sp³-hybridized carbons (Fsp3) is 0.213. The zero-order valence-corrected chi connectivity index (χ0v) is 87.9. The van der Waals surface area contributed by atoms with Gasteiger partial charge in [-0.3, -0.25) is 28.8 Å². The second kappa shape index (κ2) is 62.3. The van der Waals surface area contributed by atoms with Crippen LogP contribution in [0.2, 0.25) is 5.02 Å². The first kappa shape index (κ1) is 119. The van der Waals surface area contributed by atoms with Crippen molar-refractivity contribution in [3.05, 3.63) is 446 Å². The average molecular weight is 2050 g/mol. The maximum Gasteiger partial charge on any atom is 0.333 e. The second-order valence-electron chi connectivity index (χ2n) is 34.2. The molecule has 0 saturated carbocycles. The number of benzene rings is 12. The van der Waals surface area contributed by atoms with E-state index in [1.807, 2.05) is 186 Å². The average Bonchev–Trinajstić information content (AvgIpc) is 0.900. The number of ether oxygens (including phenoxy) is 9. The van der Waals surface area contributed by atoms with Crippen molar-refractivity contribution in [1.82, 2.24) is 0 Å². The number of anilines is 6. The monoisotopic (exact) mass is 2050 g/mol. The molecule has 0 aliphatic carbocycles. The van der Waals surface area contributed by atoms with Crippen LogP contribution < -0.4 is 46.1 Å². The number of esters is 6. The van der Waals surface area contributed by atoms with E-state index in [0.717, 1.165) is 39.2 Å². The van der Waals surface area contributed by atoms with Crippen molar-refractivity contribution in [2.45, 2.75) is 76.2 Å². The van der Waals surface area contributed by atoms with Gasteiger partial charge in [0.25, 0.3) is 0 Å². The lowest BCUT2D eigenvalue weighted by molar-refractivity contribution is -0.139. The van der Waals surface area contributed by atoms with Crippen molar-refractivity contribution in [2.24, 2.45) is 0 Å². The summed E-state index contributed by atoms with van der Waals surface area (Å²) in [6, 6.07) is 81.4. The maximum atomic E-state index is 12.9. The highest BCUT2D eigenvalue weighted by Crippen LogP contribution is 2.32. The van der Waals surface area contributed by atoms with Gasteiger partial charge in [0, 0.05) is 185 Å². The molecule has 0 atom stereocenters. The lowest BCUT2D eigenvalue weighted by atomic mass is 9.96. The molecule has 0 radical (unpaired) electrons. The SMILES string of the molecule is C=C(C)C(=O)OCCNc1cc(C)c(Cl)cc1C(=O)c1ccccc1.C=C(C)C(=O)OCCNc1cc(C)ccc1C(=O)c1ccc(C)cc1.C=C(C)C(=O)OCCNc1cc(OC)ccc1C(=O)c1ccccc1.C=C(C)C(=O)OCCNc1ccccc1C(=O)c1ccc(C)cc1C.C=C(C)C(=O)OCCNc1ccccc1C(=O)c1ccc(OC)cc1.C=C(C)C(=O)OCCNc1ccccc1C(=O)c1cccc(OC)c1. The number of hydrogen-bond donors (Lipinski definition) is 6. The van der Waals surface area contributed by atoms with Crippen LogP contribution in [-0.2, 0) is 57.2 Å². The molecule has 780 valence electrons. The van der Waals surface area contributed by atoms with Crippen molar-refractivity contribution >= 4 is 116 Å². The summed E-state index contributed by atoms with van der Waals surface area (Å²) in [7, 11) is 4.70. The van der Waals surface area contributed by atoms with Gasteiger partial charge >= 0.3 is 35.8 Å². The van der Waals surface area contributed by atoms with Crippen LogP contribution in [0.25, 0.3) is 0 Å². The van der Waals surface area contributed by atoms with Crippen LogP contribution in [-0.4, -0.2) is 171 Å². The van der Waals surface area contributed by atoms with E-state index >= 15 is 0 Å². The third kappa shape index (κ3) is 39.1. The van der Waals surface area contributed by atoms with Crippen LogP contribution in [0.3, 0.4) is 0 Å². The third-order valence-corrected chi connectivity index (χ3v) is 22.0. The number of rotatable bonds is 45. The number of methoxy groups -OCH3 is 3. The van der Waals surface area contributed by atoms with Crippen LogP contribution in [0.1, 0.15) is 165 Å². The fourth-order valence-corrected chi connectivity index (χ4v) is 13.8. The molecule has 0 spiro atoms. The van der Waals surface area contributed by atoms with Gasteiger partial charge in [0.15, 0.2) is 34.7 Å². The van der Waals surface area contributed by atoms with Crippen molar-refractivity contribution in [1.29, 1.82) is 0 Å². The van der Waals surface area contributed by atoms with E-state index in [1.54, 1.807) is 184 Å². The summed E-state index contributed by atoms with van der Waals surface area (Å²) in [5.74, 6) is -1.09. The lowest BCUT2D eigenvalue weighted by Crippen LogP contribution is -2.16. The normalized spacial score (nSPS) is 10.1. The van der Waals surface area contributed by atoms with Crippen molar-refractivity contribution in [2.75, 3.05) is 132 Å². The van der Waals surface area contributed by atoms with E-state index in [2.05, 4.69) is 71.4 Å². The summed E-state index contributed by atoms with van der Waals surface area (Å²) in [4.78, 5) is 145. The number of nitrogens with one attached hydrogen (secondary N) is 6. The minimum absolute atomic E-state index is 0.0282. The molecule has 0 saturated heterocycles. The van der Waals surface area contributed by atoms with Crippen molar-refractivity contribution < 1.29 is 100 Å². The van der Waals surface area contributed by atoms with Gasteiger partial charge in [-0.15, -0.1) is 0 Å². The second-order valence-corrected chi connectivity index (χ2v) is 34.6. The van der Waals surface area contributed by atoms with E-state index < -0.39 is 35.8 Å². The summed E-state index contributed by atoms with van der Waals surface area (Å²) < 4.78 is 45.8. The standard InChI is InChI=1S/2C21H23NO3.C20H20ClNO3.3C20H21NO4/c1-14(2)21(24)25-12-11-22-19-13-16(4)7-10-18(19)20(23)17-8-5-15(3)6-9-17;1-14(2)21(24)25-12-11-22-19-8-6-5-7-18(19)20(23)17-10-9-15(3)13-16(17)4;1-13(2)20(24)25-10-9-22-18-11-14(3)17(21)12-16(18)19(23)15-7-5-4-6-8-15;1-14(2)20(23)25-12-11-21-18-10-5-4-9-17(18)19(22)15-7-6-8-16(13-15)24-3;1-14(2)20(23)25-13-12-21-18-7-5-4-6-17(18)19(22)15-8-10-16(24-3)11-9-15;1-14(2)20(23)25-12-11-21-18-13-16(24-3)9-10-17(18)19(22)15-7-5-4-6-8-15/h2*5-10,13,22H,1,11-12H2,2-4H3;4-8,11-12,22H,1,9-10H2,2-3H3;4-10,13,21H,1,11-12H2,2-3H3;4-11,21H,1,12-13H2,2-3H3;4-10,13,21H,1,11-12H2,2-3H3. The highest BCUT2D eigenvalue weighted by Gasteiger charge is 2.23. The number of aryl methyl sites for hydroxylation is 5. The third-order valence-electron chi connectivity index (χ3n) is 21.6. The highest BCUT2D eigenvalue weighted by atomic mass is 35.5. The van der Waals surface area contributed by atoms with E-state index in [9.17, 15) is 57.5 Å². The molecule has 150 heavy (non-hydrogen) atoms. The number of para-hydroxylation sites is 3. The Balaban J connectivity index is 0.000000243. The Morgan fingerprint density at radius 2 is 0.493 bits per heavy atom. The number of hydrogen-bond acceptors (Lipinski definition) is 27. The van der Waals surface area contributed by atoms with Gasteiger partial charge in [-0.25, -0.2) is 28.8 Å². The predicted octanol–water partition coefficient (Wildman–Crippen LogP) is 22.9. The zero-order chi connectivity index (χ0) is 110. The maximum absolute atomic E-state index is 12.9. The van der Waals surface area contributed by atoms with Gasteiger partial charge in [0.1, 0.15) is 56.9 Å². The van der Waals surface area contributed by atoms with Crippen molar-refractivity contribution in [3.63, 3.8) is 0 Å². The molecule has 6 N–H and O–H groups in total. The number of ketones is 6. The molecule has 27 nitrogen and oxygen atoms in total. The van der Waals surface area contributed by atoms with Crippen LogP contribution >= 0.6 is 11.6 Å². The first-order valence-corrected chi connectivity index (χ1v) is 48.2. The van der Waals surface area contributed by atoms with Gasteiger partial charge in [-0.2, -0.15) is 0 Å². The van der Waals surface area contributed by atoms with Gasteiger partial charge in [0.2, 0.25) is 0 Å². The van der Waals surface area contributed by atoms with E-state index in [4.69, 9.17) is 54.2 Å². The molecule has 0 amide bonds. The molecule has 0 fully saturated rings. The summed E-state index contributed by atoms with van der Waals surface area (Å²) in [6.45, 7) is 44.0. The summed E-state index contributed by atoms with van der Waals surface area (Å²) >= 11 is 6.20. The Kier molecular flexibility index (Phi) is 49.6. The Bertz CT molecular complexity index is 6810. The summed E-state index contributed by atoms with van der Waals surface area (Å²) in [6.07, 6.45) is 0. The molecule has 0 aliphatic rings. The van der Waals surface area contributed by atoms with E-state index in [0.29, 0.717) is 184 Å². The molecule has 12 aromatic carbocycles. The Morgan fingerprint density at radius 1 is 0.227 bits per heavy atom. The van der Waals surface area contributed by atoms with E-state index in [1.165, 1.54) is 0 Å². The largest absolute Gasteiger partial charge is 0.497 e. The van der Waals surface area contributed by atoms with Gasteiger partial charge in [-0.05, 0) is 202 Å². The molecule has 0 aliphatic heterocycles. The van der Waals surface area contributed by atoms with Gasteiger partial charge < -0.3 is 74.5 Å². The summed E-state index contributed by atoms with van der Waals surface area (Å²) in [5.41, 5.74) is 18.3. The molecule has 28 heteroatoms. The quantitative estimate of drug-likeness (QED) is 0.00679. The van der Waals surface area contributed by atoms with E-state index in [-0.39, 0.29) is 74.3 Å². The zero-order valence-electron chi connectivity index (χ0n) is 87.2. The lowest BCUT2D eigenvalue weighted by Gasteiger charge is -2.14. The van der Waals surface area contributed by atoms with Crippen LogP contribution in [0.4, 0.5) is 34.1 Å². The highest BCUT2D eigenvalue weighted by molar-refractivity contribution is 6.32. The van der Waals surface area contributed by atoms with Crippen LogP contribution in [0.5, 0.6) is 17.2 Å². The van der Waals surface area contributed by atoms with Crippen LogP contribution in [0.15, 0.2) is 346 Å². The van der Waals surface area contributed by atoms with Crippen LogP contribution in [0, 0.1) is 34.6 Å². The molecule has 12 aromatic rings.